The van der Waals surface area contributed by atoms with Gasteiger partial charge >= 0.3 is 0 Å². The summed E-state index contributed by atoms with van der Waals surface area (Å²) in [5, 5.41) is 9.24. The van der Waals surface area contributed by atoms with Crippen molar-refractivity contribution in [1.29, 1.82) is 0 Å². The second-order valence-electron chi connectivity index (χ2n) is 7.51. The second kappa shape index (κ2) is 14.6. The minimum Gasteiger partial charge on any atom is -0.382 e. The van der Waals surface area contributed by atoms with E-state index < -0.39 is 11.7 Å². The van der Waals surface area contributed by atoms with Crippen molar-refractivity contribution in [2.75, 3.05) is 39.4 Å². The van der Waals surface area contributed by atoms with Crippen molar-refractivity contribution in [3.8, 4) is 0 Å². The largest absolute Gasteiger partial charge is 0.382 e. The number of amides is 1. The summed E-state index contributed by atoms with van der Waals surface area (Å²) in [4.78, 5) is 16.9. The van der Waals surface area contributed by atoms with Crippen molar-refractivity contribution < 1.29 is 13.9 Å². The number of nitrogens with one attached hydrogen (secondary N) is 3. The van der Waals surface area contributed by atoms with Crippen molar-refractivity contribution in [3.05, 3.63) is 35.6 Å². The van der Waals surface area contributed by atoms with Gasteiger partial charge in [-0.3, -0.25) is 9.79 Å². The van der Waals surface area contributed by atoms with E-state index in [-0.39, 0.29) is 35.0 Å². The molecule has 2 rings (SSSR count). The highest BCUT2D eigenvalue weighted by molar-refractivity contribution is 14.0. The number of guanidine groups is 1. The molecule has 0 unspecified atom stereocenters. The third-order valence-electron chi connectivity index (χ3n) is 5.38. The van der Waals surface area contributed by atoms with Crippen LogP contribution in [0.4, 0.5) is 4.39 Å². The summed E-state index contributed by atoms with van der Waals surface area (Å²) in [7, 11) is 0. The highest BCUT2D eigenvalue weighted by atomic mass is 127. The molecule has 0 radical (unpaired) electrons. The van der Waals surface area contributed by atoms with E-state index in [0.29, 0.717) is 13.1 Å². The van der Waals surface area contributed by atoms with Crippen LogP contribution in [-0.2, 0) is 4.74 Å². The SMILES string of the molecule is CCNC(=NCC1(CCOCC)CCCC1)NCCNC(=O)c1ccccc1F.I. The summed E-state index contributed by atoms with van der Waals surface area (Å²) >= 11 is 0. The maximum Gasteiger partial charge on any atom is 0.254 e. The van der Waals surface area contributed by atoms with Gasteiger partial charge in [-0.2, -0.15) is 0 Å². The third kappa shape index (κ3) is 8.75. The molecule has 6 nitrogen and oxygen atoms in total. The molecule has 0 atom stereocenters. The van der Waals surface area contributed by atoms with Crippen molar-refractivity contribution in [2.45, 2.75) is 46.0 Å². The topological polar surface area (TPSA) is 74.8 Å². The molecule has 0 heterocycles. The molecule has 1 aromatic carbocycles. The van der Waals surface area contributed by atoms with Gasteiger partial charge in [0.15, 0.2) is 5.96 Å². The van der Waals surface area contributed by atoms with E-state index in [1.165, 1.54) is 37.8 Å². The van der Waals surface area contributed by atoms with Crippen LogP contribution >= 0.6 is 24.0 Å². The molecule has 0 spiro atoms. The number of rotatable bonds is 11. The van der Waals surface area contributed by atoms with Crippen LogP contribution in [0, 0.1) is 11.2 Å². The van der Waals surface area contributed by atoms with Gasteiger partial charge in [0, 0.05) is 39.4 Å². The van der Waals surface area contributed by atoms with Gasteiger partial charge in [-0.15, -0.1) is 24.0 Å². The fourth-order valence-corrected chi connectivity index (χ4v) is 3.73. The first kappa shape index (κ1) is 26.6. The Balaban J connectivity index is 0.00000450. The van der Waals surface area contributed by atoms with E-state index in [0.717, 1.165) is 38.7 Å². The van der Waals surface area contributed by atoms with E-state index in [9.17, 15) is 9.18 Å². The predicted octanol–water partition coefficient (Wildman–Crippen LogP) is 3.72. The monoisotopic (exact) mass is 534 g/mol. The van der Waals surface area contributed by atoms with Crippen LogP contribution in [0.15, 0.2) is 29.3 Å². The molecule has 1 saturated carbocycles. The summed E-state index contributed by atoms with van der Waals surface area (Å²) < 4.78 is 19.2. The Morgan fingerprint density at radius 2 is 1.83 bits per heavy atom. The molecule has 1 aromatic rings. The average molecular weight is 534 g/mol. The summed E-state index contributed by atoms with van der Waals surface area (Å²) in [6, 6.07) is 5.98. The number of carbonyl (C=O) groups is 1. The van der Waals surface area contributed by atoms with Crippen molar-refractivity contribution in [2.24, 2.45) is 10.4 Å². The molecule has 0 aromatic heterocycles. The van der Waals surface area contributed by atoms with E-state index in [1.807, 2.05) is 13.8 Å². The number of carbonyl (C=O) groups excluding carboxylic acids is 1. The Morgan fingerprint density at radius 1 is 1.13 bits per heavy atom. The average Bonchev–Trinajstić information content (AvgIpc) is 3.18. The second-order valence-corrected chi connectivity index (χ2v) is 7.51. The number of hydrogen-bond donors (Lipinski definition) is 3. The Morgan fingerprint density at radius 3 is 2.50 bits per heavy atom. The normalized spacial score (nSPS) is 15.4. The van der Waals surface area contributed by atoms with Crippen LogP contribution in [0.25, 0.3) is 0 Å². The van der Waals surface area contributed by atoms with Crippen LogP contribution in [0.2, 0.25) is 0 Å². The molecule has 170 valence electrons. The molecule has 30 heavy (non-hydrogen) atoms. The molecule has 0 saturated heterocycles. The summed E-state index contributed by atoms with van der Waals surface area (Å²) in [5.74, 6) is -0.176. The summed E-state index contributed by atoms with van der Waals surface area (Å²) in [6.07, 6.45) is 5.95. The van der Waals surface area contributed by atoms with E-state index in [1.54, 1.807) is 12.1 Å². The third-order valence-corrected chi connectivity index (χ3v) is 5.38. The standard InChI is InChI=1S/C22H35FN4O2.HI/c1-3-24-21(27-17-22(11-7-8-12-22)13-16-29-4-2)26-15-14-25-20(28)18-9-5-6-10-19(18)23;/h5-6,9-10H,3-4,7-8,11-17H2,1-2H3,(H,25,28)(H2,24,26,27);1H. The van der Waals surface area contributed by atoms with Crippen LogP contribution < -0.4 is 16.0 Å². The smallest absolute Gasteiger partial charge is 0.254 e. The minimum atomic E-state index is -0.512. The van der Waals surface area contributed by atoms with E-state index in [4.69, 9.17) is 9.73 Å². The quantitative estimate of drug-likeness (QED) is 0.175. The molecule has 1 fully saturated rings. The lowest BCUT2D eigenvalue weighted by molar-refractivity contribution is 0.0950. The van der Waals surface area contributed by atoms with E-state index in [2.05, 4.69) is 16.0 Å². The molecular weight excluding hydrogens is 498 g/mol. The van der Waals surface area contributed by atoms with Gasteiger partial charge in [0.25, 0.3) is 5.91 Å². The Kier molecular flexibility index (Phi) is 12.9. The van der Waals surface area contributed by atoms with Crippen LogP contribution in [0.5, 0.6) is 0 Å². The minimum absolute atomic E-state index is 0. The maximum atomic E-state index is 13.7. The number of halogens is 2. The van der Waals surface area contributed by atoms with Crippen molar-refractivity contribution in [3.63, 3.8) is 0 Å². The van der Waals surface area contributed by atoms with Gasteiger partial charge in [0.2, 0.25) is 0 Å². The molecule has 3 N–H and O–H groups in total. The van der Waals surface area contributed by atoms with Gasteiger partial charge in [-0.1, -0.05) is 25.0 Å². The van der Waals surface area contributed by atoms with Gasteiger partial charge in [-0.05, 0) is 50.7 Å². The lowest BCUT2D eigenvalue weighted by atomic mass is 9.83. The lowest BCUT2D eigenvalue weighted by Crippen LogP contribution is -2.42. The number of hydrogen-bond acceptors (Lipinski definition) is 3. The Hall–Kier alpha value is -1.42. The zero-order valence-electron chi connectivity index (χ0n) is 18.1. The lowest BCUT2D eigenvalue weighted by Gasteiger charge is -2.27. The summed E-state index contributed by atoms with van der Waals surface area (Å²) in [6.45, 7) is 8.02. The van der Waals surface area contributed by atoms with Crippen LogP contribution in [0.3, 0.4) is 0 Å². The fraction of sp³-hybridized carbons (Fsp3) is 0.636. The molecule has 1 aliphatic carbocycles. The van der Waals surface area contributed by atoms with Gasteiger partial charge in [0.05, 0.1) is 5.56 Å². The van der Waals surface area contributed by atoms with Gasteiger partial charge in [-0.25, -0.2) is 4.39 Å². The maximum absolute atomic E-state index is 13.7. The number of ether oxygens (including phenoxy) is 1. The van der Waals surface area contributed by atoms with Gasteiger partial charge in [0.1, 0.15) is 5.82 Å². The van der Waals surface area contributed by atoms with E-state index >= 15 is 0 Å². The molecular formula is C22H36FIN4O2. The van der Waals surface area contributed by atoms with Crippen LogP contribution in [0.1, 0.15) is 56.3 Å². The number of nitrogens with zero attached hydrogens (tertiary/aromatic N) is 1. The Bertz CT molecular complexity index is 666. The zero-order valence-corrected chi connectivity index (χ0v) is 20.5. The summed E-state index contributed by atoms with van der Waals surface area (Å²) in [5.41, 5.74) is 0.293. The van der Waals surface area contributed by atoms with Gasteiger partial charge < -0.3 is 20.7 Å². The molecule has 8 heteroatoms. The number of aliphatic imine (C=N–C) groups is 1. The molecule has 0 bridgehead atoms. The Labute approximate surface area is 196 Å². The molecule has 1 aliphatic rings. The fourth-order valence-electron chi connectivity index (χ4n) is 3.73. The van der Waals surface area contributed by atoms with Crippen LogP contribution in [-0.4, -0.2) is 51.3 Å². The zero-order chi connectivity index (χ0) is 21.0. The molecule has 1 amide bonds. The highest BCUT2D eigenvalue weighted by Crippen LogP contribution is 2.41. The molecule has 0 aliphatic heterocycles. The van der Waals surface area contributed by atoms with Crippen molar-refractivity contribution >= 4 is 35.8 Å². The first-order valence-corrected chi connectivity index (χ1v) is 10.7. The first-order chi connectivity index (χ1) is 14.1. The number of benzene rings is 1. The van der Waals surface area contributed by atoms with Crippen molar-refractivity contribution in [1.82, 2.24) is 16.0 Å². The predicted molar refractivity (Wildman–Crippen MR) is 130 cm³/mol. The highest BCUT2D eigenvalue weighted by Gasteiger charge is 2.33. The first-order valence-electron chi connectivity index (χ1n) is 10.7.